The molecule has 1 N–H and O–H groups in total. The van der Waals surface area contributed by atoms with Gasteiger partial charge in [0.2, 0.25) is 0 Å². The van der Waals surface area contributed by atoms with Gasteiger partial charge in [0.25, 0.3) is 0 Å². The summed E-state index contributed by atoms with van der Waals surface area (Å²) in [6, 6.07) is 0. The fourth-order valence-corrected chi connectivity index (χ4v) is 7.38. The number of hydrogen-bond donors (Lipinski definition) is 1. The Labute approximate surface area is 235 Å². The maximum absolute atomic E-state index is 13.7. The number of carbonyl (C=O) groups is 3. The zero-order chi connectivity index (χ0) is 32.8. The molecule has 0 bridgehead atoms. The molecule has 1 heterocycles. The van der Waals surface area contributed by atoms with Crippen molar-refractivity contribution >= 4 is 51.5 Å². The topological polar surface area (TPSA) is 133 Å². The molecule has 1 unspecified atom stereocenters. The highest BCUT2D eigenvalue weighted by atomic mass is 32.2. The van der Waals surface area contributed by atoms with Crippen molar-refractivity contribution in [1.82, 2.24) is 0 Å². The van der Waals surface area contributed by atoms with E-state index >= 15 is 0 Å². The van der Waals surface area contributed by atoms with Crippen LogP contribution in [0.5, 0.6) is 0 Å². The highest BCUT2D eigenvalue weighted by Crippen LogP contribution is 2.58. The minimum absolute atomic E-state index is 0.0499. The first-order valence-electron chi connectivity index (χ1n) is 10.7. The molecule has 9 nitrogen and oxygen atoms in total. The molecule has 2 aliphatic rings. The fourth-order valence-electron chi connectivity index (χ4n) is 3.39. The smallest absolute Gasteiger partial charge is 0.460 e. The molecule has 244 valence electrons. The monoisotopic (exact) mass is 700 g/mol. The van der Waals surface area contributed by atoms with Crippen LogP contribution in [0.25, 0.3) is 0 Å². The Kier molecular flexibility index (Phi) is 10.0. The lowest BCUT2D eigenvalue weighted by molar-refractivity contribution is -0.282. The summed E-state index contributed by atoms with van der Waals surface area (Å²) in [4.78, 5) is 34.6. The third kappa shape index (κ3) is 7.11. The van der Waals surface area contributed by atoms with Gasteiger partial charge in [-0.3, -0.25) is 4.55 Å². The van der Waals surface area contributed by atoms with Crippen molar-refractivity contribution in [3.63, 3.8) is 0 Å². The van der Waals surface area contributed by atoms with E-state index in [0.717, 1.165) is 0 Å². The molecular weight excluding hydrogens is 684 g/mol. The standard InChI is InChI=1S/C18H16F12O9S3/c19-14(20,17(25,26)27)9(31)37-4-12(5-38-10(32)15(21,22)18(28,29)30)6-40-13(41-7-12)3-1-2-8(13)39-11(33)16(23,24)42(34,35)36/h8H,1-7H2,(H,34,35,36). The zero-order valence-electron chi connectivity index (χ0n) is 20.0. The second-order valence-electron chi connectivity index (χ2n) is 8.96. The SMILES string of the molecule is O=C(OCC1(COC(=O)C(F)(F)C(F)(F)F)CSC2(CCCC2OC(=O)C(F)(F)S(=O)(=O)O)SC1)C(F)(F)C(F)(F)F. The second-order valence-corrected chi connectivity index (χ2v) is 13.3. The normalized spacial score (nSPS) is 21.6. The van der Waals surface area contributed by atoms with Crippen molar-refractivity contribution < 1.29 is 94.2 Å². The maximum atomic E-state index is 13.7. The molecule has 1 spiro atoms. The quantitative estimate of drug-likeness (QED) is 0.161. The largest absolute Gasteiger partial charge is 0.465 e. The van der Waals surface area contributed by atoms with Crippen LogP contribution in [0, 0.1) is 5.41 Å². The molecule has 24 heteroatoms. The highest BCUT2D eigenvalue weighted by molar-refractivity contribution is 8.19. The third-order valence-electron chi connectivity index (χ3n) is 5.78. The summed E-state index contributed by atoms with van der Waals surface area (Å²) in [5, 5.41) is -5.42. The first kappa shape index (κ1) is 36.4. The number of hydrogen-bond acceptors (Lipinski definition) is 10. The van der Waals surface area contributed by atoms with Gasteiger partial charge in [-0.15, -0.1) is 23.5 Å². The molecule has 0 amide bonds. The van der Waals surface area contributed by atoms with Crippen LogP contribution in [-0.2, 0) is 38.7 Å². The summed E-state index contributed by atoms with van der Waals surface area (Å²) < 4.78 is 197. The molecule has 0 aromatic heterocycles. The van der Waals surface area contributed by atoms with Gasteiger partial charge in [0, 0.05) is 11.5 Å². The molecule has 1 saturated carbocycles. The van der Waals surface area contributed by atoms with Gasteiger partial charge in [-0.05, 0) is 19.3 Å². The number of halogens is 12. The van der Waals surface area contributed by atoms with Crippen LogP contribution in [0.3, 0.4) is 0 Å². The zero-order valence-corrected chi connectivity index (χ0v) is 22.5. The first-order valence-corrected chi connectivity index (χ1v) is 14.1. The summed E-state index contributed by atoms with van der Waals surface area (Å²) in [6.07, 6.45) is -14.7. The van der Waals surface area contributed by atoms with Gasteiger partial charge in [0.05, 0.1) is 9.49 Å². The molecule has 0 aromatic carbocycles. The molecule has 1 aliphatic heterocycles. The van der Waals surface area contributed by atoms with Crippen molar-refractivity contribution in [3.8, 4) is 0 Å². The number of ether oxygens (including phenoxy) is 3. The van der Waals surface area contributed by atoms with Gasteiger partial charge in [0.1, 0.15) is 19.3 Å². The van der Waals surface area contributed by atoms with Gasteiger partial charge in [-0.25, -0.2) is 14.4 Å². The van der Waals surface area contributed by atoms with E-state index in [0.29, 0.717) is 23.5 Å². The van der Waals surface area contributed by atoms with E-state index in [9.17, 15) is 75.5 Å². The highest BCUT2D eigenvalue weighted by Gasteiger charge is 2.67. The van der Waals surface area contributed by atoms with E-state index in [2.05, 4.69) is 14.2 Å². The van der Waals surface area contributed by atoms with Crippen LogP contribution < -0.4 is 0 Å². The molecule has 2 fully saturated rings. The molecule has 2 rings (SSSR count). The average molecular weight is 700 g/mol. The van der Waals surface area contributed by atoms with Crippen LogP contribution in [-0.4, -0.2) is 95.2 Å². The molecule has 42 heavy (non-hydrogen) atoms. The number of carbonyl (C=O) groups excluding carboxylic acids is 3. The number of thioether (sulfide) groups is 2. The number of alkyl halides is 12. The molecule has 1 atom stereocenters. The van der Waals surface area contributed by atoms with Gasteiger partial charge < -0.3 is 14.2 Å². The predicted molar refractivity (Wildman–Crippen MR) is 114 cm³/mol. The molecule has 0 radical (unpaired) electrons. The first-order chi connectivity index (χ1) is 18.7. The minimum atomic E-state index is -6.45. The number of esters is 3. The van der Waals surface area contributed by atoms with Gasteiger partial charge >= 0.3 is 57.5 Å². The molecule has 1 aliphatic carbocycles. The van der Waals surface area contributed by atoms with Crippen molar-refractivity contribution in [2.75, 3.05) is 24.7 Å². The Hall–Kier alpha value is -1.82. The molecule has 0 aromatic rings. The summed E-state index contributed by atoms with van der Waals surface area (Å²) >= 11 is 1.01. The second kappa shape index (κ2) is 11.6. The minimum Gasteiger partial charge on any atom is -0.460 e. The van der Waals surface area contributed by atoms with Crippen molar-refractivity contribution in [2.45, 2.75) is 58.9 Å². The van der Waals surface area contributed by atoms with E-state index in [4.69, 9.17) is 4.55 Å². The van der Waals surface area contributed by atoms with Crippen molar-refractivity contribution in [1.29, 1.82) is 0 Å². The fraction of sp³-hybridized carbons (Fsp3) is 0.833. The Morgan fingerprint density at radius 2 is 1.17 bits per heavy atom. The van der Waals surface area contributed by atoms with Crippen molar-refractivity contribution in [3.05, 3.63) is 0 Å². The summed E-state index contributed by atoms with van der Waals surface area (Å²) in [7, 11) is -6.28. The van der Waals surface area contributed by atoms with Crippen LogP contribution >= 0.6 is 23.5 Å². The van der Waals surface area contributed by atoms with E-state index in [1.165, 1.54) is 0 Å². The lowest BCUT2D eigenvalue weighted by atomic mass is 9.95. The summed E-state index contributed by atoms with van der Waals surface area (Å²) in [5.74, 6) is -22.8. The predicted octanol–water partition coefficient (Wildman–Crippen LogP) is 4.21. The van der Waals surface area contributed by atoms with Gasteiger partial charge in [0.15, 0.2) is 0 Å². The maximum Gasteiger partial charge on any atom is 0.465 e. The number of rotatable bonds is 9. The molecule has 1 saturated heterocycles. The van der Waals surface area contributed by atoms with Crippen LogP contribution in [0.15, 0.2) is 0 Å². The van der Waals surface area contributed by atoms with E-state index < -0.39 is 97.8 Å². The average Bonchev–Trinajstić information content (AvgIpc) is 3.21. The van der Waals surface area contributed by atoms with Crippen LogP contribution in [0.1, 0.15) is 19.3 Å². The third-order valence-corrected chi connectivity index (χ3v) is 10.7. The summed E-state index contributed by atoms with van der Waals surface area (Å²) in [5.41, 5.74) is -2.23. The van der Waals surface area contributed by atoms with E-state index in [1.54, 1.807) is 0 Å². The Morgan fingerprint density at radius 1 is 0.762 bits per heavy atom. The van der Waals surface area contributed by atoms with Gasteiger partial charge in [-0.2, -0.15) is 61.1 Å². The van der Waals surface area contributed by atoms with Crippen LogP contribution in [0.4, 0.5) is 52.7 Å². The lowest BCUT2D eigenvalue weighted by Crippen LogP contribution is -2.52. The Bertz CT molecular complexity index is 1120. The van der Waals surface area contributed by atoms with Crippen LogP contribution in [0.2, 0.25) is 0 Å². The Morgan fingerprint density at radius 3 is 1.52 bits per heavy atom. The van der Waals surface area contributed by atoms with Crippen molar-refractivity contribution in [2.24, 2.45) is 5.41 Å². The van der Waals surface area contributed by atoms with E-state index in [1.807, 2.05) is 0 Å². The van der Waals surface area contributed by atoms with E-state index in [-0.39, 0.29) is 19.3 Å². The Balaban J connectivity index is 2.29. The van der Waals surface area contributed by atoms with Gasteiger partial charge in [-0.1, -0.05) is 0 Å². The summed E-state index contributed by atoms with van der Waals surface area (Å²) in [6.45, 7) is -3.13. The molecular formula is C18H16F12O9S3. The lowest BCUT2D eigenvalue weighted by Gasteiger charge is -2.45.